The molecule has 0 radical (unpaired) electrons. The van der Waals surface area contributed by atoms with Crippen LogP contribution in [0.4, 0.5) is 5.82 Å². The summed E-state index contributed by atoms with van der Waals surface area (Å²) < 4.78 is 0. The van der Waals surface area contributed by atoms with Crippen LogP contribution in [-0.4, -0.2) is 39.9 Å². The minimum Gasteiger partial charge on any atom is -0.382 e. The quantitative estimate of drug-likeness (QED) is 0.621. The van der Waals surface area contributed by atoms with E-state index in [4.69, 9.17) is 11.1 Å². The van der Waals surface area contributed by atoms with E-state index in [9.17, 15) is 0 Å². The zero-order valence-corrected chi connectivity index (χ0v) is 10.7. The summed E-state index contributed by atoms with van der Waals surface area (Å²) in [4.78, 5) is 10.7. The van der Waals surface area contributed by atoms with Crippen LogP contribution in [0.5, 0.6) is 0 Å². The first kappa shape index (κ1) is 12.2. The molecule has 1 fully saturated rings. The van der Waals surface area contributed by atoms with Gasteiger partial charge in [-0.1, -0.05) is 6.92 Å². The van der Waals surface area contributed by atoms with Crippen molar-refractivity contribution in [3.63, 3.8) is 0 Å². The molecule has 1 aliphatic rings. The fourth-order valence-corrected chi connectivity index (χ4v) is 2.98. The zero-order chi connectivity index (χ0) is 12.3. The molecule has 6 heteroatoms. The molecule has 1 atom stereocenters. The minimum atomic E-state index is -0.0373. The van der Waals surface area contributed by atoms with Crippen molar-refractivity contribution in [2.45, 2.75) is 18.6 Å². The third-order valence-electron chi connectivity index (χ3n) is 2.83. The number of hydrogen-bond donors (Lipinski definition) is 2. The fourth-order valence-electron chi connectivity index (χ4n) is 1.80. The van der Waals surface area contributed by atoms with E-state index >= 15 is 0 Å². The van der Waals surface area contributed by atoms with E-state index in [0.717, 1.165) is 24.7 Å². The second-order valence-corrected chi connectivity index (χ2v) is 5.43. The van der Waals surface area contributed by atoms with E-state index in [-0.39, 0.29) is 5.84 Å². The lowest BCUT2D eigenvalue weighted by Crippen LogP contribution is -2.38. The highest BCUT2D eigenvalue weighted by Gasteiger charge is 2.20. The van der Waals surface area contributed by atoms with Gasteiger partial charge in [0.15, 0.2) is 0 Å². The van der Waals surface area contributed by atoms with Gasteiger partial charge in [0.25, 0.3) is 0 Å². The number of hydrogen-bond acceptors (Lipinski definition) is 5. The van der Waals surface area contributed by atoms with Gasteiger partial charge in [0.1, 0.15) is 17.3 Å². The van der Waals surface area contributed by atoms with Gasteiger partial charge in [0.05, 0.1) is 12.4 Å². The summed E-state index contributed by atoms with van der Waals surface area (Å²) in [5.74, 6) is 1.98. The van der Waals surface area contributed by atoms with E-state index in [1.165, 1.54) is 6.42 Å². The first-order valence-corrected chi connectivity index (χ1v) is 6.78. The predicted molar refractivity (Wildman–Crippen MR) is 71.8 cm³/mol. The standard InChI is InChI=1S/C11H17N5S/c1-2-8-7-16(3-4-17-8)10-6-14-9(5-15-10)11(12)13/h5-6,8H,2-4,7H2,1H3,(H3,12,13). The van der Waals surface area contributed by atoms with Crippen molar-refractivity contribution in [2.24, 2.45) is 5.73 Å². The van der Waals surface area contributed by atoms with Gasteiger partial charge in [-0.25, -0.2) is 9.97 Å². The van der Waals surface area contributed by atoms with Crippen LogP contribution in [0.25, 0.3) is 0 Å². The van der Waals surface area contributed by atoms with Crippen LogP contribution >= 0.6 is 11.8 Å². The van der Waals surface area contributed by atoms with Gasteiger partial charge in [-0.2, -0.15) is 11.8 Å². The number of amidine groups is 1. The summed E-state index contributed by atoms with van der Waals surface area (Å²) in [6.07, 6.45) is 4.46. The van der Waals surface area contributed by atoms with Crippen molar-refractivity contribution in [3.05, 3.63) is 18.1 Å². The molecule has 2 heterocycles. The summed E-state index contributed by atoms with van der Waals surface area (Å²) >= 11 is 2.03. The molecule has 1 aliphatic heterocycles. The average molecular weight is 251 g/mol. The van der Waals surface area contributed by atoms with Crippen molar-refractivity contribution in [1.82, 2.24) is 9.97 Å². The van der Waals surface area contributed by atoms with Crippen LogP contribution in [0.1, 0.15) is 19.0 Å². The van der Waals surface area contributed by atoms with Gasteiger partial charge in [-0.15, -0.1) is 0 Å². The fraction of sp³-hybridized carbons (Fsp3) is 0.545. The van der Waals surface area contributed by atoms with Gasteiger partial charge >= 0.3 is 0 Å². The number of thioether (sulfide) groups is 1. The first-order chi connectivity index (χ1) is 8.20. The van der Waals surface area contributed by atoms with Crippen molar-refractivity contribution < 1.29 is 0 Å². The number of nitrogens with one attached hydrogen (secondary N) is 1. The highest BCUT2D eigenvalue weighted by molar-refractivity contribution is 8.00. The molecule has 0 aliphatic carbocycles. The molecule has 0 amide bonds. The van der Waals surface area contributed by atoms with Crippen molar-refractivity contribution >= 4 is 23.4 Å². The van der Waals surface area contributed by atoms with Crippen LogP contribution in [0, 0.1) is 5.41 Å². The van der Waals surface area contributed by atoms with E-state index in [0.29, 0.717) is 10.9 Å². The van der Waals surface area contributed by atoms with Crippen molar-refractivity contribution in [3.8, 4) is 0 Å². The number of rotatable bonds is 3. The monoisotopic (exact) mass is 251 g/mol. The van der Waals surface area contributed by atoms with E-state index in [1.54, 1.807) is 12.4 Å². The average Bonchev–Trinajstić information content (AvgIpc) is 2.39. The molecule has 2 rings (SSSR count). The third-order valence-corrected chi connectivity index (χ3v) is 4.20. The molecule has 0 aromatic carbocycles. The summed E-state index contributed by atoms with van der Waals surface area (Å²) in [7, 11) is 0. The Kier molecular flexibility index (Phi) is 3.83. The minimum absolute atomic E-state index is 0.0373. The molecule has 0 saturated carbocycles. The Hall–Kier alpha value is -1.30. The van der Waals surface area contributed by atoms with E-state index in [2.05, 4.69) is 21.8 Å². The molecule has 1 saturated heterocycles. The molecular weight excluding hydrogens is 234 g/mol. The number of anilines is 1. The Balaban J connectivity index is 2.08. The Morgan fingerprint density at radius 1 is 1.59 bits per heavy atom. The third kappa shape index (κ3) is 2.88. The van der Waals surface area contributed by atoms with Crippen LogP contribution < -0.4 is 10.6 Å². The van der Waals surface area contributed by atoms with E-state index < -0.39 is 0 Å². The first-order valence-electron chi connectivity index (χ1n) is 5.73. The Labute approximate surface area is 105 Å². The lowest BCUT2D eigenvalue weighted by Gasteiger charge is -2.32. The topological polar surface area (TPSA) is 78.9 Å². The summed E-state index contributed by atoms with van der Waals surface area (Å²) in [5, 5.41) is 7.95. The Bertz CT molecular complexity index is 391. The lowest BCUT2D eigenvalue weighted by atomic mass is 10.3. The number of nitrogens with two attached hydrogens (primary N) is 1. The van der Waals surface area contributed by atoms with E-state index in [1.807, 2.05) is 11.8 Å². The van der Waals surface area contributed by atoms with Crippen LogP contribution in [0.15, 0.2) is 12.4 Å². The van der Waals surface area contributed by atoms with Crippen molar-refractivity contribution in [1.29, 1.82) is 5.41 Å². The van der Waals surface area contributed by atoms with Gasteiger partial charge in [-0.3, -0.25) is 5.41 Å². The summed E-state index contributed by atoms with van der Waals surface area (Å²) in [5.41, 5.74) is 5.79. The summed E-state index contributed by atoms with van der Waals surface area (Å²) in [6, 6.07) is 0. The largest absolute Gasteiger partial charge is 0.382 e. The van der Waals surface area contributed by atoms with Gasteiger partial charge in [-0.05, 0) is 6.42 Å². The molecule has 1 aromatic heterocycles. The molecular formula is C11H17N5S. The second kappa shape index (κ2) is 5.35. The van der Waals surface area contributed by atoms with Gasteiger partial charge in [0.2, 0.25) is 0 Å². The molecule has 0 bridgehead atoms. The lowest BCUT2D eigenvalue weighted by molar-refractivity contribution is 0.718. The second-order valence-electron chi connectivity index (χ2n) is 4.02. The molecule has 3 N–H and O–H groups in total. The molecule has 1 aromatic rings. The van der Waals surface area contributed by atoms with Crippen LogP contribution in [0.2, 0.25) is 0 Å². The molecule has 17 heavy (non-hydrogen) atoms. The predicted octanol–water partition coefficient (Wildman–Crippen LogP) is 1.09. The normalized spacial score (nSPS) is 20.3. The smallest absolute Gasteiger partial charge is 0.147 e. The Morgan fingerprint density at radius 3 is 3.00 bits per heavy atom. The molecule has 92 valence electrons. The highest BCUT2D eigenvalue weighted by atomic mass is 32.2. The maximum absolute atomic E-state index is 7.27. The Morgan fingerprint density at radius 2 is 2.41 bits per heavy atom. The maximum Gasteiger partial charge on any atom is 0.147 e. The molecule has 0 spiro atoms. The number of nitrogens with zero attached hydrogens (tertiary/aromatic N) is 3. The van der Waals surface area contributed by atoms with Crippen LogP contribution in [0.3, 0.4) is 0 Å². The maximum atomic E-state index is 7.27. The van der Waals surface area contributed by atoms with Crippen LogP contribution in [-0.2, 0) is 0 Å². The van der Waals surface area contributed by atoms with Gasteiger partial charge in [0, 0.05) is 24.1 Å². The number of nitrogen functional groups attached to an aromatic ring is 1. The van der Waals surface area contributed by atoms with Gasteiger partial charge < -0.3 is 10.6 Å². The zero-order valence-electron chi connectivity index (χ0n) is 9.89. The SMILES string of the molecule is CCC1CN(c2cnc(C(=N)N)cn2)CCS1. The summed E-state index contributed by atoms with van der Waals surface area (Å²) in [6.45, 7) is 4.25. The number of aromatic nitrogens is 2. The molecule has 5 nitrogen and oxygen atoms in total. The van der Waals surface area contributed by atoms with Crippen molar-refractivity contribution in [2.75, 3.05) is 23.7 Å². The highest BCUT2D eigenvalue weighted by Crippen LogP contribution is 2.23. The molecule has 1 unspecified atom stereocenters.